The van der Waals surface area contributed by atoms with E-state index in [2.05, 4.69) is 6.07 Å². The number of hydrogen-bond acceptors (Lipinski definition) is 2. The van der Waals surface area contributed by atoms with Gasteiger partial charge >= 0.3 is 0 Å². The summed E-state index contributed by atoms with van der Waals surface area (Å²) in [4.78, 5) is 0. The molecule has 0 saturated heterocycles. The lowest BCUT2D eigenvalue weighted by Gasteiger charge is -2.12. The van der Waals surface area contributed by atoms with Gasteiger partial charge in [-0.3, -0.25) is 0 Å². The number of aryl methyl sites for hydroxylation is 1. The van der Waals surface area contributed by atoms with E-state index in [9.17, 15) is 0 Å². The van der Waals surface area contributed by atoms with E-state index < -0.39 is 0 Å². The minimum absolute atomic E-state index is 0.234. The molecule has 0 heterocycles. The molecule has 0 amide bonds. The predicted molar refractivity (Wildman–Crippen MR) is 58.1 cm³/mol. The van der Waals surface area contributed by atoms with Crippen LogP contribution in [0.2, 0.25) is 0 Å². The number of nitrogens with two attached hydrogens (primary N) is 2. The van der Waals surface area contributed by atoms with Gasteiger partial charge in [0.2, 0.25) is 0 Å². The highest BCUT2D eigenvalue weighted by molar-refractivity contribution is 5.63. The molecule has 2 aliphatic carbocycles. The molecule has 1 aromatic carbocycles. The third-order valence-electron chi connectivity index (χ3n) is 3.69. The van der Waals surface area contributed by atoms with Gasteiger partial charge in [-0.1, -0.05) is 6.07 Å². The summed E-state index contributed by atoms with van der Waals surface area (Å²) >= 11 is 0. The third-order valence-corrected chi connectivity index (χ3v) is 3.69. The average Bonchev–Trinajstić information content (AvgIpc) is 2.75. The number of nitrogen functional groups attached to an aromatic ring is 1. The van der Waals surface area contributed by atoms with Gasteiger partial charge in [0.15, 0.2) is 0 Å². The maximum atomic E-state index is 6.19. The molecular weight excluding hydrogens is 172 g/mol. The molecule has 4 N–H and O–H groups in total. The first-order chi connectivity index (χ1) is 6.77. The molecule has 0 bridgehead atoms. The molecule has 0 spiro atoms. The summed E-state index contributed by atoms with van der Waals surface area (Å²) in [5, 5.41) is 0. The Bertz CT molecular complexity index is 396. The van der Waals surface area contributed by atoms with Crippen molar-refractivity contribution in [1.29, 1.82) is 0 Å². The van der Waals surface area contributed by atoms with E-state index in [1.54, 1.807) is 0 Å². The second-order valence-corrected chi connectivity index (χ2v) is 4.49. The second kappa shape index (κ2) is 2.74. The van der Waals surface area contributed by atoms with E-state index in [0.717, 1.165) is 18.5 Å². The topological polar surface area (TPSA) is 52.0 Å². The van der Waals surface area contributed by atoms with Crippen LogP contribution in [-0.4, -0.2) is 0 Å². The molecule has 0 radical (unpaired) electrons. The third kappa shape index (κ3) is 0.947. The first-order valence-electron chi connectivity index (χ1n) is 5.46. The van der Waals surface area contributed by atoms with Crippen LogP contribution in [0.4, 0.5) is 5.69 Å². The van der Waals surface area contributed by atoms with E-state index in [1.807, 2.05) is 0 Å². The van der Waals surface area contributed by atoms with Crippen LogP contribution in [0.5, 0.6) is 0 Å². The van der Waals surface area contributed by atoms with Crippen LogP contribution in [0, 0.1) is 0 Å². The zero-order valence-electron chi connectivity index (χ0n) is 8.34. The molecule has 2 aliphatic rings. The number of anilines is 1. The molecule has 2 nitrogen and oxygen atoms in total. The lowest BCUT2D eigenvalue weighted by atomic mass is 9.98. The van der Waals surface area contributed by atoms with Crippen LogP contribution < -0.4 is 11.5 Å². The summed E-state index contributed by atoms with van der Waals surface area (Å²) in [6.45, 7) is 0. The second-order valence-electron chi connectivity index (χ2n) is 4.49. The van der Waals surface area contributed by atoms with Crippen molar-refractivity contribution >= 4 is 5.69 Å². The fraction of sp³-hybridized carbons (Fsp3) is 0.500. The first-order valence-corrected chi connectivity index (χ1v) is 5.46. The largest absolute Gasteiger partial charge is 0.398 e. The SMILES string of the molecule is Nc1c2c(cc3c1CC[C@@H]3N)CCC2. The Morgan fingerprint density at radius 1 is 1.14 bits per heavy atom. The zero-order chi connectivity index (χ0) is 9.71. The summed E-state index contributed by atoms with van der Waals surface area (Å²) in [5.74, 6) is 0. The maximum Gasteiger partial charge on any atom is 0.0385 e. The molecule has 74 valence electrons. The molecule has 0 unspecified atom stereocenters. The van der Waals surface area contributed by atoms with Gasteiger partial charge in [0.25, 0.3) is 0 Å². The van der Waals surface area contributed by atoms with Crippen molar-refractivity contribution in [3.63, 3.8) is 0 Å². The van der Waals surface area contributed by atoms with Crippen molar-refractivity contribution in [1.82, 2.24) is 0 Å². The van der Waals surface area contributed by atoms with Gasteiger partial charge in [0, 0.05) is 11.7 Å². The Morgan fingerprint density at radius 2 is 2.00 bits per heavy atom. The van der Waals surface area contributed by atoms with Gasteiger partial charge in [-0.15, -0.1) is 0 Å². The van der Waals surface area contributed by atoms with Gasteiger partial charge in [0.05, 0.1) is 0 Å². The van der Waals surface area contributed by atoms with Crippen LogP contribution >= 0.6 is 0 Å². The van der Waals surface area contributed by atoms with Gasteiger partial charge in [-0.25, -0.2) is 0 Å². The smallest absolute Gasteiger partial charge is 0.0385 e. The molecule has 1 atom stereocenters. The average molecular weight is 188 g/mol. The molecule has 0 saturated carbocycles. The van der Waals surface area contributed by atoms with E-state index in [-0.39, 0.29) is 6.04 Å². The Morgan fingerprint density at radius 3 is 2.86 bits per heavy atom. The van der Waals surface area contributed by atoms with Crippen molar-refractivity contribution in [3.05, 3.63) is 28.3 Å². The molecule has 0 fully saturated rings. The van der Waals surface area contributed by atoms with Crippen LogP contribution in [0.3, 0.4) is 0 Å². The predicted octanol–water partition coefficient (Wildman–Crippen LogP) is 1.70. The Balaban J connectivity index is 2.24. The van der Waals surface area contributed by atoms with Crippen LogP contribution in [-0.2, 0) is 19.3 Å². The van der Waals surface area contributed by atoms with Gasteiger partial charge in [-0.05, 0) is 54.4 Å². The van der Waals surface area contributed by atoms with E-state index >= 15 is 0 Å². The minimum Gasteiger partial charge on any atom is -0.398 e. The van der Waals surface area contributed by atoms with Crippen molar-refractivity contribution in [2.45, 2.75) is 38.1 Å². The van der Waals surface area contributed by atoms with E-state index in [4.69, 9.17) is 11.5 Å². The highest BCUT2D eigenvalue weighted by Crippen LogP contribution is 2.39. The normalized spacial score (nSPS) is 23.6. The number of fused-ring (bicyclic) bond motifs is 2. The summed E-state index contributed by atoms with van der Waals surface area (Å²) in [5.41, 5.74) is 18.8. The van der Waals surface area contributed by atoms with Crippen molar-refractivity contribution in [3.8, 4) is 0 Å². The Hall–Kier alpha value is -1.02. The van der Waals surface area contributed by atoms with Crippen molar-refractivity contribution in [2.75, 3.05) is 5.73 Å². The van der Waals surface area contributed by atoms with Crippen LogP contribution in [0.25, 0.3) is 0 Å². The zero-order valence-corrected chi connectivity index (χ0v) is 8.34. The Kier molecular flexibility index (Phi) is 1.62. The summed E-state index contributed by atoms with van der Waals surface area (Å²) in [7, 11) is 0. The van der Waals surface area contributed by atoms with Crippen LogP contribution in [0.1, 0.15) is 41.1 Å². The number of rotatable bonds is 0. The lowest BCUT2D eigenvalue weighted by Crippen LogP contribution is -2.07. The monoisotopic (exact) mass is 188 g/mol. The molecule has 1 aromatic rings. The van der Waals surface area contributed by atoms with Crippen molar-refractivity contribution in [2.24, 2.45) is 5.73 Å². The molecule has 0 aliphatic heterocycles. The maximum absolute atomic E-state index is 6.19. The minimum atomic E-state index is 0.234. The van der Waals surface area contributed by atoms with Gasteiger partial charge in [-0.2, -0.15) is 0 Å². The summed E-state index contributed by atoms with van der Waals surface area (Å²) < 4.78 is 0. The summed E-state index contributed by atoms with van der Waals surface area (Å²) in [6.07, 6.45) is 5.78. The number of hydrogen-bond donors (Lipinski definition) is 2. The van der Waals surface area contributed by atoms with E-state index in [0.29, 0.717) is 0 Å². The van der Waals surface area contributed by atoms with Crippen LogP contribution in [0.15, 0.2) is 6.07 Å². The quantitative estimate of drug-likeness (QED) is 0.609. The summed E-state index contributed by atoms with van der Waals surface area (Å²) in [6, 6.07) is 2.55. The number of benzene rings is 1. The molecule has 3 rings (SSSR count). The lowest BCUT2D eigenvalue weighted by molar-refractivity contribution is 0.712. The van der Waals surface area contributed by atoms with Gasteiger partial charge in [0.1, 0.15) is 0 Å². The highest BCUT2D eigenvalue weighted by atomic mass is 14.7. The Labute approximate surface area is 84.3 Å². The van der Waals surface area contributed by atoms with Crippen molar-refractivity contribution < 1.29 is 0 Å². The molecule has 2 heteroatoms. The fourth-order valence-corrected chi connectivity index (χ4v) is 2.91. The molecule has 0 aromatic heterocycles. The standard InChI is InChI=1S/C12H16N2/c13-11-5-4-9-10(11)6-7-2-1-3-8(7)12(9)14/h6,11H,1-5,13-14H2/t11-/m0/s1. The van der Waals surface area contributed by atoms with E-state index in [1.165, 1.54) is 41.5 Å². The van der Waals surface area contributed by atoms with Gasteiger partial charge < -0.3 is 11.5 Å². The molecular formula is C12H16N2. The molecule has 14 heavy (non-hydrogen) atoms. The first kappa shape index (κ1) is 8.30. The highest BCUT2D eigenvalue weighted by Gasteiger charge is 2.26. The fourth-order valence-electron chi connectivity index (χ4n) is 2.91.